The van der Waals surface area contributed by atoms with E-state index >= 15 is 0 Å². The molecule has 0 fully saturated rings. The van der Waals surface area contributed by atoms with Crippen LogP contribution in [-0.4, -0.2) is 6.71 Å². The maximum atomic E-state index is 7.62. The molecular weight excluding hydrogens is 850 g/mol. The topological polar surface area (TPSA) is 22.9 Å². The third-order valence-corrected chi connectivity index (χ3v) is 15.9. The molecule has 0 bridgehead atoms. The van der Waals surface area contributed by atoms with Gasteiger partial charge < -0.3 is 14.2 Å². The summed E-state index contributed by atoms with van der Waals surface area (Å²) in [6, 6.07) is 57.6. The minimum absolute atomic E-state index is 0.0134. The fraction of sp³-hybridized carbons (Fsp3) is 0.323. The number of hydrogen-bond donors (Lipinski definition) is 0. The smallest absolute Gasteiger partial charge is 0.257 e. The molecule has 0 saturated carbocycles. The van der Waals surface area contributed by atoms with Crippen LogP contribution in [0.3, 0.4) is 0 Å². The van der Waals surface area contributed by atoms with Crippen molar-refractivity contribution in [2.45, 2.75) is 137 Å². The largest absolute Gasteiger partial charge is 0.440 e. The van der Waals surface area contributed by atoms with Crippen LogP contribution in [0.1, 0.15) is 136 Å². The Labute approximate surface area is 418 Å². The van der Waals surface area contributed by atoms with Crippen LogP contribution in [0.25, 0.3) is 11.0 Å². The lowest BCUT2D eigenvalue weighted by Gasteiger charge is -2.44. The number of para-hydroxylation sites is 2. The van der Waals surface area contributed by atoms with Crippen LogP contribution in [0, 0.1) is 19.1 Å². The molecule has 2 aliphatic heterocycles. The zero-order valence-electron chi connectivity index (χ0n) is 43.9. The van der Waals surface area contributed by atoms with E-state index in [0.29, 0.717) is 0 Å². The highest BCUT2D eigenvalue weighted by molar-refractivity contribution is 7.01. The fourth-order valence-corrected chi connectivity index (χ4v) is 11.6. The summed E-state index contributed by atoms with van der Waals surface area (Å²) in [6.07, 6.45) is 2.27. The van der Waals surface area contributed by atoms with Gasteiger partial charge in [-0.2, -0.15) is 0 Å². The van der Waals surface area contributed by atoms with Crippen molar-refractivity contribution in [3.8, 4) is 0 Å². The molecule has 4 nitrogen and oxygen atoms in total. The first kappa shape index (κ1) is 45.8. The van der Waals surface area contributed by atoms with Crippen LogP contribution in [-0.2, 0) is 27.1 Å². The van der Waals surface area contributed by atoms with Crippen molar-refractivity contribution < 1.29 is 4.42 Å². The third-order valence-electron chi connectivity index (χ3n) is 15.9. The first-order valence-electron chi connectivity index (χ1n) is 25.5. The SMILES string of the molecule is Cc1cc(C(C)(C)C)ccc1N1c2cc(N(c3ccccc3)c3ccccc3)cc3c2B(c2cc(C(C)(C)C)ccc2N3c2c#cc(C(C)(C)C)cc2)c2c1oc1cc3c(cc21)C(C)(C)CCC3(C)C. The first-order chi connectivity index (χ1) is 33.0. The van der Waals surface area contributed by atoms with E-state index in [2.05, 4.69) is 257 Å². The van der Waals surface area contributed by atoms with Crippen molar-refractivity contribution in [3.63, 3.8) is 0 Å². The maximum absolute atomic E-state index is 7.62. The van der Waals surface area contributed by atoms with Gasteiger partial charge in [-0.1, -0.05) is 157 Å². The second-order valence-electron chi connectivity index (χ2n) is 24.9. The van der Waals surface area contributed by atoms with E-state index in [4.69, 9.17) is 4.42 Å². The van der Waals surface area contributed by atoms with E-state index in [0.717, 1.165) is 75.4 Å². The second kappa shape index (κ2) is 15.7. The van der Waals surface area contributed by atoms with Crippen LogP contribution in [0.5, 0.6) is 0 Å². The number of nitrogens with zero attached hydrogens (tertiary/aromatic N) is 3. The predicted octanol–water partition coefficient (Wildman–Crippen LogP) is 16.1. The molecule has 7 aromatic carbocycles. The Hall–Kier alpha value is -6.64. The summed E-state index contributed by atoms with van der Waals surface area (Å²) in [5.74, 6) is 0.890. The van der Waals surface area contributed by atoms with Crippen molar-refractivity contribution in [2.75, 3.05) is 14.7 Å². The summed E-state index contributed by atoms with van der Waals surface area (Å²) >= 11 is 0. The lowest BCUT2D eigenvalue weighted by atomic mass is 9.33. The van der Waals surface area contributed by atoms with Crippen molar-refractivity contribution >= 4 is 85.5 Å². The lowest BCUT2D eigenvalue weighted by molar-refractivity contribution is 0.332. The van der Waals surface area contributed by atoms with Crippen LogP contribution in [0.4, 0.5) is 51.4 Å². The van der Waals surface area contributed by atoms with Crippen LogP contribution in [0.15, 0.2) is 138 Å². The molecule has 0 saturated heterocycles. The van der Waals surface area contributed by atoms with Gasteiger partial charge in [0.25, 0.3) is 6.71 Å². The Morgan fingerprint density at radius 3 is 1.63 bits per heavy atom. The minimum Gasteiger partial charge on any atom is -0.440 e. The van der Waals surface area contributed by atoms with Crippen molar-refractivity contribution in [1.29, 1.82) is 0 Å². The van der Waals surface area contributed by atoms with E-state index in [9.17, 15) is 0 Å². The standard InChI is InChI=1S/C65H68BN3O/c1-41-35-43(62(5,6)7)27-31-53(41)69-56-38-48(67(45-21-17-15-18-22-45)46-23-19-16-20-24-46)37-55-59(56)66(58-49-39-50-51(40-57(49)70-60(58)69)65(13,14)34-33-64(50,11)12)52-36-44(63(8,9)10)28-32-54(52)68(55)47-29-25-42(26-30-47)61(2,3)4/h15-25,27-29,31-32,35-40H,33-34H2,1-14H3. The van der Waals surface area contributed by atoms with Crippen LogP contribution < -0.4 is 31.1 Å². The summed E-state index contributed by atoms with van der Waals surface area (Å²) in [4.78, 5) is 7.36. The summed E-state index contributed by atoms with van der Waals surface area (Å²) in [6.45, 7) is 32.5. The molecule has 0 spiro atoms. The number of furan rings is 1. The molecule has 0 N–H and O–H groups in total. The van der Waals surface area contributed by atoms with Crippen molar-refractivity contribution in [3.05, 3.63) is 179 Å². The average Bonchev–Trinajstić information content (AvgIpc) is 3.68. The number of hydrogen-bond acceptors (Lipinski definition) is 4. The van der Waals surface area contributed by atoms with Crippen LogP contribution in [0.2, 0.25) is 0 Å². The Bertz CT molecular complexity index is 3300. The Balaban J connectivity index is 1.31. The lowest BCUT2D eigenvalue weighted by Crippen LogP contribution is -2.61. The van der Waals surface area contributed by atoms with Gasteiger partial charge in [0.2, 0.25) is 5.88 Å². The van der Waals surface area contributed by atoms with Crippen molar-refractivity contribution in [2.24, 2.45) is 0 Å². The molecule has 0 atom stereocenters. The molecule has 5 heteroatoms. The molecule has 1 aliphatic carbocycles. The zero-order valence-corrected chi connectivity index (χ0v) is 43.9. The molecule has 1 aromatic heterocycles. The van der Waals surface area contributed by atoms with Gasteiger partial charge >= 0.3 is 0 Å². The summed E-state index contributed by atoms with van der Waals surface area (Å²) < 4.78 is 7.62. The highest BCUT2D eigenvalue weighted by Gasteiger charge is 2.48. The van der Waals surface area contributed by atoms with E-state index in [1.54, 1.807) is 0 Å². The molecule has 0 radical (unpaired) electrons. The summed E-state index contributed by atoms with van der Waals surface area (Å²) in [5.41, 5.74) is 21.0. The molecule has 0 amide bonds. The molecular formula is C65H68BN3O. The predicted molar refractivity (Wildman–Crippen MR) is 299 cm³/mol. The quantitative estimate of drug-likeness (QED) is 0.160. The fourth-order valence-electron chi connectivity index (χ4n) is 11.6. The normalized spacial score (nSPS) is 15.8. The average molecular weight is 918 g/mol. The van der Waals surface area contributed by atoms with Gasteiger partial charge in [0.15, 0.2) is 0 Å². The van der Waals surface area contributed by atoms with E-state index in [1.165, 1.54) is 49.6 Å². The van der Waals surface area contributed by atoms with Gasteiger partial charge in [-0.25, -0.2) is 0 Å². The van der Waals surface area contributed by atoms with Crippen molar-refractivity contribution in [1.82, 2.24) is 0 Å². The molecule has 352 valence electrons. The number of fused-ring (bicyclic) bond motifs is 7. The summed E-state index contributed by atoms with van der Waals surface area (Å²) in [5, 5.41) is 1.20. The van der Waals surface area contributed by atoms with Gasteiger partial charge in [-0.05, 0) is 164 Å². The highest BCUT2D eigenvalue weighted by atomic mass is 16.4. The molecule has 11 rings (SSSR count). The molecule has 70 heavy (non-hydrogen) atoms. The first-order valence-corrected chi connectivity index (χ1v) is 25.5. The molecule has 3 heterocycles. The molecule has 0 unspecified atom stereocenters. The second-order valence-corrected chi connectivity index (χ2v) is 24.9. The number of rotatable bonds is 5. The molecule has 8 aromatic rings. The van der Waals surface area contributed by atoms with E-state index < -0.39 is 0 Å². The van der Waals surface area contributed by atoms with Gasteiger partial charge in [0, 0.05) is 44.8 Å². The van der Waals surface area contributed by atoms with Gasteiger partial charge in [-0.15, -0.1) is 0 Å². The Kier molecular flexibility index (Phi) is 10.3. The van der Waals surface area contributed by atoms with Gasteiger partial charge in [0.1, 0.15) is 5.58 Å². The maximum Gasteiger partial charge on any atom is 0.257 e. The third kappa shape index (κ3) is 7.35. The monoisotopic (exact) mass is 918 g/mol. The van der Waals surface area contributed by atoms with Crippen LogP contribution >= 0.6 is 0 Å². The van der Waals surface area contributed by atoms with Gasteiger partial charge in [0.05, 0.1) is 17.1 Å². The summed E-state index contributed by atoms with van der Waals surface area (Å²) in [7, 11) is 0. The Morgan fingerprint density at radius 1 is 0.529 bits per heavy atom. The minimum atomic E-state index is -0.147. The zero-order chi connectivity index (χ0) is 49.4. The number of anilines is 9. The van der Waals surface area contributed by atoms with Gasteiger partial charge in [-0.3, -0.25) is 4.90 Å². The van der Waals surface area contributed by atoms with E-state index in [1.807, 2.05) is 0 Å². The Morgan fingerprint density at radius 2 is 1.09 bits per heavy atom. The number of aryl methyl sites for hydroxylation is 1. The highest BCUT2D eigenvalue weighted by Crippen LogP contribution is 2.52. The van der Waals surface area contributed by atoms with E-state index in [-0.39, 0.29) is 33.8 Å². The number of benzene rings is 6. The molecule has 3 aliphatic rings.